The van der Waals surface area contributed by atoms with Crippen molar-refractivity contribution in [2.24, 2.45) is 11.1 Å². The van der Waals surface area contributed by atoms with Gasteiger partial charge in [-0.25, -0.2) is 9.35 Å². The van der Waals surface area contributed by atoms with Crippen molar-refractivity contribution in [3.05, 3.63) is 0 Å². The van der Waals surface area contributed by atoms with E-state index in [1.165, 1.54) is 5.37 Å². The molecule has 0 bridgehead atoms. The van der Waals surface area contributed by atoms with E-state index in [0.717, 1.165) is 6.42 Å². The zero-order valence-electron chi connectivity index (χ0n) is 5.70. The minimum Gasteiger partial charge on any atom is -0.303 e. The highest BCUT2D eigenvalue weighted by Crippen LogP contribution is 1.95. The van der Waals surface area contributed by atoms with Gasteiger partial charge in [0, 0.05) is 5.37 Å². The van der Waals surface area contributed by atoms with E-state index < -0.39 is 9.99 Å². The van der Waals surface area contributed by atoms with Crippen LogP contribution in [0, 0.1) is 5.92 Å². The molecule has 0 saturated carbocycles. The molecule has 0 aromatic carbocycles. The van der Waals surface area contributed by atoms with Crippen LogP contribution in [0.15, 0.2) is 0 Å². The summed E-state index contributed by atoms with van der Waals surface area (Å²) in [5, 5.41) is 6.11. The molecule has 56 valence electrons. The Bertz CT molecular complexity index is 173. The Kier molecular flexibility index (Phi) is 3.17. The molecule has 2 atom stereocenters. The molecule has 0 amide bonds. The van der Waals surface area contributed by atoms with Gasteiger partial charge >= 0.3 is 0 Å². The summed E-state index contributed by atoms with van der Waals surface area (Å²) in [5.74, 6) is 0.118. The van der Waals surface area contributed by atoms with Gasteiger partial charge in [0.1, 0.15) is 9.99 Å². The molecule has 0 aromatic heterocycles. The third-order valence-corrected chi connectivity index (χ3v) is 1.93. The minimum absolute atomic E-state index is 0.118. The molecule has 9 heavy (non-hydrogen) atoms. The van der Waals surface area contributed by atoms with Crippen LogP contribution in [-0.2, 0) is 9.99 Å². The second-order valence-electron chi connectivity index (χ2n) is 2.14. The smallest absolute Gasteiger partial charge is 0.138 e. The minimum atomic E-state index is -3.11. The standard InChI is InChI=1S/C5H13NO2S/c1-3-5(2)4-9(6,7)8/h4-5H,3H2,1-2H3,(H3,6,7,8). The summed E-state index contributed by atoms with van der Waals surface area (Å²) in [7, 11) is -3.11. The van der Waals surface area contributed by atoms with Crippen molar-refractivity contribution in [3.8, 4) is 0 Å². The lowest BCUT2D eigenvalue weighted by molar-refractivity contribution is 0.560. The molecule has 0 aliphatic heterocycles. The highest BCUT2D eigenvalue weighted by Gasteiger charge is 1.96. The Hall–Kier alpha value is -0.0600. The monoisotopic (exact) mass is 151 g/mol. The zero-order valence-corrected chi connectivity index (χ0v) is 6.52. The predicted octanol–water partition coefficient (Wildman–Crippen LogP) is 0.466. The maximum atomic E-state index is 10.4. The van der Waals surface area contributed by atoms with Crippen LogP contribution in [0.3, 0.4) is 0 Å². The van der Waals surface area contributed by atoms with E-state index in [1.54, 1.807) is 0 Å². The van der Waals surface area contributed by atoms with Crippen molar-refractivity contribution < 1.29 is 8.76 Å². The zero-order chi connectivity index (χ0) is 7.49. The van der Waals surface area contributed by atoms with Crippen molar-refractivity contribution >= 4 is 15.4 Å². The fourth-order valence-electron chi connectivity index (χ4n) is 0.429. The van der Waals surface area contributed by atoms with Crippen molar-refractivity contribution in [1.29, 1.82) is 0 Å². The lowest BCUT2D eigenvalue weighted by Gasteiger charge is -2.00. The van der Waals surface area contributed by atoms with Crippen LogP contribution in [0.25, 0.3) is 0 Å². The molecular formula is C5H13NO2S. The Morgan fingerprint density at radius 2 is 2.33 bits per heavy atom. The van der Waals surface area contributed by atoms with Crippen LogP contribution in [0.4, 0.5) is 0 Å². The van der Waals surface area contributed by atoms with Gasteiger partial charge < -0.3 is 4.55 Å². The first kappa shape index (κ1) is 8.94. The highest BCUT2D eigenvalue weighted by atomic mass is 32.2. The van der Waals surface area contributed by atoms with Crippen molar-refractivity contribution in [2.75, 3.05) is 0 Å². The van der Waals surface area contributed by atoms with Gasteiger partial charge in [-0.3, -0.25) is 0 Å². The molecule has 0 saturated heterocycles. The van der Waals surface area contributed by atoms with E-state index >= 15 is 0 Å². The van der Waals surface area contributed by atoms with Crippen LogP contribution in [-0.4, -0.2) is 14.1 Å². The van der Waals surface area contributed by atoms with Gasteiger partial charge in [0.15, 0.2) is 0 Å². The van der Waals surface area contributed by atoms with Gasteiger partial charge in [0.25, 0.3) is 0 Å². The van der Waals surface area contributed by atoms with Crippen molar-refractivity contribution in [1.82, 2.24) is 0 Å². The Labute approximate surface area is 56.2 Å². The van der Waals surface area contributed by atoms with E-state index in [9.17, 15) is 4.21 Å². The van der Waals surface area contributed by atoms with Gasteiger partial charge in [0.2, 0.25) is 0 Å². The normalized spacial score (nSPS) is 20.4. The average Bonchev–Trinajstić information content (AvgIpc) is 1.62. The highest BCUT2D eigenvalue weighted by molar-refractivity contribution is 7.94. The topological polar surface area (TPSA) is 63.3 Å². The molecular weight excluding hydrogens is 138 g/mol. The Morgan fingerprint density at radius 3 is 2.44 bits per heavy atom. The molecule has 0 radical (unpaired) electrons. The fourth-order valence-corrected chi connectivity index (χ4v) is 1.29. The Morgan fingerprint density at radius 1 is 1.89 bits per heavy atom. The first-order chi connectivity index (χ1) is 3.95. The van der Waals surface area contributed by atoms with Crippen LogP contribution in [0.2, 0.25) is 0 Å². The van der Waals surface area contributed by atoms with Gasteiger partial charge in [-0.1, -0.05) is 13.8 Å². The van der Waals surface area contributed by atoms with Gasteiger partial charge in [-0.15, -0.1) is 0 Å². The molecule has 4 heteroatoms. The molecule has 3 N–H and O–H groups in total. The number of hydrogen-bond acceptors (Lipinski definition) is 1. The summed E-state index contributed by atoms with van der Waals surface area (Å²) >= 11 is 0. The van der Waals surface area contributed by atoms with Gasteiger partial charge in [0.05, 0.1) is 0 Å². The predicted molar refractivity (Wildman–Crippen MR) is 40.5 cm³/mol. The molecule has 0 rings (SSSR count). The van der Waals surface area contributed by atoms with E-state index in [2.05, 4.69) is 0 Å². The summed E-state index contributed by atoms with van der Waals surface area (Å²) in [6.45, 7) is 3.79. The first-order valence-electron chi connectivity index (χ1n) is 2.85. The summed E-state index contributed by atoms with van der Waals surface area (Å²) in [6.07, 6.45) is 0.842. The maximum absolute atomic E-state index is 10.4. The SMILES string of the molecule is CCC(C)C=S(N)(=O)O. The van der Waals surface area contributed by atoms with E-state index in [-0.39, 0.29) is 5.92 Å². The molecule has 2 unspecified atom stereocenters. The third-order valence-electron chi connectivity index (χ3n) is 1.07. The second kappa shape index (κ2) is 3.20. The van der Waals surface area contributed by atoms with Gasteiger partial charge in [-0.2, -0.15) is 0 Å². The summed E-state index contributed by atoms with van der Waals surface area (Å²) in [4.78, 5) is 0. The van der Waals surface area contributed by atoms with Gasteiger partial charge in [-0.05, 0) is 12.3 Å². The molecule has 0 aliphatic rings. The van der Waals surface area contributed by atoms with Crippen LogP contribution in [0.5, 0.6) is 0 Å². The average molecular weight is 151 g/mol. The molecule has 0 fully saturated rings. The molecule has 0 aliphatic carbocycles. The summed E-state index contributed by atoms with van der Waals surface area (Å²) in [5.41, 5.74) is 0. The maximum Gasteiger partial charge on any atom is 0.138 e. The summed E-state index contributed by atoms with van der Waals surface area (Å²) < 4.78 is 19.0. The molecule has 0 spiro atoms. The van der Waals surface area contributed by atoms with Crippen molar-refractivity contribution in [2.45, 2.75) is 20.3 Å². The number of hydrogen-bond donors (Lipinski definition) is 2. The fraction of sp³-hybridized carbons (Fsp3) is 0.800. The molecule has 3 nitrogen and oxygen atoms in total. The quantitative estimate of drug-likeness (QED) is 0.563. The van der Waals surface area contributed by atoms with Crippen LogP contribution < -0.4 is 5.14 Å². The lowest BCUT2D eigenvalue weighted by Crippen LogP contribution is -2.16. The second-order valence-corrected chi connectivity index (χ2v) is 3.64. The Balaban J connectivity index is 4.14. The molecule has 0 heterocycles. The molecule has 0 aromatic rings. The number of nitrogens with two attached hydrogens (primary N) is 1. The summed E-state index contributed by atoms with van der Waals surface area (Å²) in [6, 6.07) is 0. The first-order valence-corrected chi connectivity index (χ1v) is 4.49. The third kappa shape index (κ3) is 5.82. The van der Waals surface area contributed by atoms with E-state index in [0.29, 0.717) is 0 Å². The lowest BCUT2D eigenvalue weighted by atomic mass is 10.2. The largest absolute Gasteiger partial charge is 0.303 e. The van der Waals surface area contributed by atoms with Crippen LogP contribution >= 0.6 is 0 Å². The van der Waals surface area contributed by atoms with E-state index in [4.69, 9.17) is 9.69 Å². The number of rotatable bonds is 2. The van der Waals surface area contributed by atoms with Crippen LogP contribution in [0.1, 0.15) is 20.3 Å². The van der Waals surface area contributed by atoms with Crippen molar-refractivity contribution in [3.63, 3.8) is 0 Å². The van der Waals surface area contributed by atoms with E-state index in [1.807, 2.05) is 13.8 Å².